The van der Waals surface area contributed by atoms with E-state index in [0.717, 1.165) is 6.54 Å². The summed E-state index contributed by atoms with van der Waals surface area (Å²) in [5.41, 5.74) is 6.06. The Balaban J connectivity index is 2.41. The molecule has 1 aliphatic carbocycles. The molecule has 1 saturated carbocycles. The van der Waals surface area contributed by atoms with E-state index in [0.29, 0.717) is 11.9 Å². The van der Waals surface area contributed by atoms with Crippen LogP contribution in [0.5, 0.6) is 0 Å². The fraction of sp³-hybridized carbons (Fsp3) is 0.917. The van der Waals surface area contributed by atoms with Crippen molar-refractivity contribution in [1.82, 2.24) is 5.32 Å². The van der Waals surface area contributed by atoms with Crippen LogP contribution in [0.4, 0.5) is 0 Å². The first-order valence-electron chi connectivity index (χ1n) is 6.10. The molecule has 0 heterocycles. The molecular formula is C12H25N3. The number of rotatable bonds is 3. The van der Waals surface area contributed by atoms with Crippen molar-refractivity contribution in [3.63, 3.8) is 0 Å². The van der Waals surface area contributed by atoms with Gasteiger partial charge < -0.3 is 11.1 Å². The van der Waals surface area contributed by atoms with Gasteiger partial charge in [0.2, 0.25) is 0 Å². The van der Waals surface area contributed by atoms with E-state index in [1.54, 1.807) is 0 Å². The van der Waals surface area contributed by atoms with Gasteiger partial charge in [-0.05, 0) is 25.7 Å². The normalized spacial score (nSPS) is 21.7. The maximum absolute atomic E-state index is 5.88. The van der Waals surface area contributed by atoms with Crippen LogP contribution >= 0.6 is 0 Å². The predicted octanol–water partition coefficient (Wildman–Crippen LogP) is 2.27. The quantitative estimate of drug-likeness (QED) is 0.556. The molecular weight excluding hydrogens is 186 g/mol. The molecule has 15 heavy (non-hydrogen) atoms. The SMILES string of the molecule is CC(C)CN=C(N)NC1(C)CCCCC1. The van der Waals surface area contributed by atoms with Gasteiger partial charge in [-0.3, -0.25) is 4.99 Å². The Kier molecular flexibility index (Phi) is 4.43. The number of nitrogens with zero attached hydrogens (tertiary/aromatic N) is 1. The van der Waals surface area contributed by atoms with E-state index in [1.807, 2.05) is 0 Å². The highest BCUT2D eigenvalue weighted by Gasteiger charge is 2.26. The summed E-state index contributed by atoms with van der Waals surface area (Å²) in [6.45, 7) is 7.37. The average Bonchev–Trinajstić information content (AvgIpc) is 2.15. The zero-order valence-electron chi connectivity index (χ0n) is 10.3. The molecule has 3 N–H and O–H groups in total. The summed E-state index contributed by atoms with van der Waals surface area (Å²) in [6, 6.07) is 0. The maximum atomic E-state index is 5.88. The fourth-order valence-corrected chi connectivity index (χ4v) is 2.09. The molecule has 0 aromatic carbocycles. The van der Waals surface area contributed by atoms with E-state index in [2.05, 4.69) is 31.1 Å². The van der Waals surface area contributed by atoms with Gasteiger partial charge in [0.15, 0.2) is 5.96 Å². The van der Waals surface area contributed by atoms with Crippen LogP contribution in [0.15, 0.2) is 4.99 Å². The first kappa shape index (κ1) is 12.3. The van der Waals surface area contributed by atoms with Gasteiger partial charge in [-0.15, -0.1) is 0 Å². The Labute approximate surface area is 93.5 Å². The summed E-state index contributed by atoms with van der Waals surface area (Å²) in [6.07, 6.45) is 6.40. The third-order valence-corrected chi connectivity index (χ3v) is 3.01. The minimum Gasteiger partial charge on any atom is -0.370 e. The van der Waals surface area contributed by atoms with Crippen LogP contribution in [0.3, 0.4) is 0 Å². The van der Waals surface area contributed by atoms with Crippen molar-refractivity contribution in [3.8, 4) is 0 Å². The molecule has 0 radical (unpaired) electrons. The summed E-state index contributed by atoms with van der Waals surface area (Å²) < 4.78 is 0. The molecule has 0 saturated heterocycles. The van der Waals surface area contributed by atoms with Crippen molar-refractivity contribution in [3.05, 3.63) is 0 Å². The lowest BCUT2D eigenvalue weighted by atomic mass is 9.83. The monoisotopic (exact) mass is 211 g/mol. The maximum Gasteiger partial charge on any atom is 0.189 e. The van der Waals surface area contributed by atoms with Crippen LogP contribution in [-0.2, 0) is 0 Å². The first-order valence-corrected chi connectivity index (χ1v) is 6.10. The number of nitrogens with two attached hydrogens (primary N) is 1. The molecule has 0 bridgehead atoms. The molecule has 1 rings (SSSR count). The number of nitrogens with one attached hydrogen (secondary N) is 1. The molecule has 0 aromatic heterocycles. The van der Waals surface area contributed by atoms with Crippen molar-refractivity contribution >= 4 is 5.96 Å². The lowest BCUT2D eigenvalue weighted by Crippen LogP contribution is -2.50. The Hall–Kier alpha value is -0.730. The Morgan fingerprint density at radius 1 is 1.33 bits per heavy atom. The van der Waals surface area contributed by atoms with Crippen LogP contribution < -0.4 is 11.1 Å². The molecule has 0 aliphatic heterocycles. The predicted molar refractivity (Wildman–Crippen MR) is 66.0 cm³/mol. The minimum atomic E-state index is 0.183. The van der Waals surface area contributed by atoms with E-state index < -0.39 is 0 Å². The second kappa shape index (κ2) is 5.38. The standard InChI is InChI=1S/C12H25N3/c1-10(2)9-14-11(13)15-12(3)7-5-4-6-8-12/h10H,4-9H2,1-3H3,(H3,13,14,15). The molecule has 0 amide bonds. The molecule has 1 aliphatic rings. The highest BCUT2D eigenvalue weighted by Crippen LogP contribution is 2.27. The number of guanidine groups is 1. The average molecular weight is 211 g/mol. The minimum absolute atomic E-state index is 0.183. The summed E-state index contributed by atoms with van der Waals surface area (Å²) in [5, 5.41) is 3.38. The Bertz CT molecular complexity index is 215. The van der Waals surface area contributed by atoms with Gasteiger partial charge in [-0.2, -0.15) is 0 Å². The lowest BCUT2D eigenvalue weighted by Gasteiger charge is -2.35. The van der Waals surface area contributed by atoms with Crippen LogP contribution in [0.25, 0.3) is 0 Å². The van der Waals surface area contributed by atoms with Crippen LogP contribution in [0.2, 0.25) is 0 Å². The van der Waals surface area contributed by atoms with Gasteiger partial charge in [0.05, 0.1) is 0 Å². The molecule has 0 unspecified atom stereocenters. The van der Waals surface area contributed by atoms with Gasteiger partial charge in [-0.25, -0.2) is 0 Å². The van der Waals surface area contributed by atoms with Gasteiger partial charge in [0.1, 0.15) is 0 Å². The molecule has 3 nitrogen and oxygen atoms in total. The summed E-state index contributed by atoms with van der Waals surface area (Å²) in [5.74, 6) is 1.19. The van der Waals surface area contributed by atoms with Crippen molar-refractivity contribution < 1.29 is 0 Å². The van der Waals surface area contributed by atoms with E-state index in [-0.39, 0.29) is 5.54 Å². The smallest absolute Gasteiger partial charge is 0.189 e. The van der Waals surface area contributed by atoms with Crippen molar-refractivity contribution in [2.24, 2.45) is 16.6 Å². The molecule has 3 heteroatoms. The number of hydrogen-bond donors (Lipinski definition) is 2. The number of aliphatic imine (C=N–C) groups is 1. The van der Waals surface area contributed by atoms with Crippen molar-refractivity contribution in [1.29, 1.82) is 0 Å². The highest BCUT2D eigenvalue weighted by atomic mass is 15.1. The Morgan fingerprint density at radius 3 is 2.47 bits per heavy atom. The van der Waals surface area contributed by atoms with Gasteiger partial charge >= 0.3 is 0 Å². The zero-order chi connectivity index (χ0) is 11.3. The van der Waals surface area contributed by atoms with Crippen LogP contribution in [-0.4, -0.2) is 18.0 Å². The van der Waals surface area contributed by atoms with E-state index in [4.69, 9.17) is 5.73 Å². The Morgan fingerprint density at radius 2 is 1.93 bits per heavy atom. The van der Waals surface area contributed by atoms with E-state index >= 15 is 0 Å². The van der Waals surface area contributed by atoms with Crippen molar-refractivity contribution in [2.75, 3.05) is 6.54 Å². The third kappa shape index (κ3) is 4.54. The second-order valence-corrected chi connectivity index (χ2v) is 5.37. The molecule has 0 atom stereocenters. The van der Waals surface area contributed by atoms with Gasteiger partial charge in [0.25, 0.3) is 0 Å². The number of hydrogen-bond acceptors (Lipinski definition) is 1. The lowest BCUT2D eigenvalue weighted by molar-refractivity contribution is 0.290. The molecule has 0 aromatic rings. The van der Waals surface area contributed by atoms with Crippen molar-refractivity contribution in [2.45, 2.75) is 58.4 Å². The van der Waals surface area contributed by atoms with E-state index in [1.165, 1.54) is 32.1 Å². The first-order chi connectivity index (χ1) is 7.02. The zero-order valence-corrected chi connectivity index (χ0v) is 10.3. The molecule has 88 valence electrons. The molecule has 0 spiro atoms. The van der Waals surface area contributed by atoms with Gasteiger partial charge in [0, 0.05) is 12.1 Å². The summed E-state index contributed by atoms with van der Waals surface area (Å²) in [4.78, 5) is 4.35. The second-order valence-electron chi connectivity index (χ2n) is 5.37. The van der Waals surface area contributed by atoms with Gasteiger partial charge in [-0.1, -0.05) is 33.1 Å². The topological polar surface area (TPSA) is 50.4 Å². The summed E-state index contributed by atoms with van der Waals surface area (Å²) in [7, 11) is 0. The fourth-order valence-electron chi connectivity index (χ4n) is 2.09. The van der Waals surface area contributed by atoms with Crippen LogP contribution in [0, 0.1) is 5.92 Å². The third-order valence-electron chi connectivity index (χ3n) is 3.01. The summed E-state index contributed by atoms with van der Waals surface area (Å²) >= 11 is 0. The highest BCUT2D eigenvalue weighted by molar-refractivity contribution is 5.78. The van der Waals surface area contributed by atoms with Crippen LogP contribution in [0.1, 0.15) is 52.9 Å². The van der Waals surface area contributed by atoms with E-state index in [9.17, 15) is 0 Å². The largest absolute Gasteiger partial charge is 0.370 e. The molecule has 1 fully saturated rings.